The maximum Gasteiger partial charge on any atom is 0.274 e. The van der Waals surface area contributed by atoms with E-state index in [-0.39, 0.29) is 29.9 Å². The molecule has 1 aliphatic carbocycles. The fourth-order valence-electron chi connectivity index (χ4n) is 1.79. The van der Waals surface area contributed by atoms with E-state index in [1.165, 1.54) is 4.80 Å². The Bertz CT molecular complexity index is 634. The predicted molar refractivity (Wildman–Crippen MR) is 72.8 cm³/mol. The first-order chi connectivity index (χ1) is 9.67. The van der Waals surface area contributed by atoms with Crippen molar-refractivity contribution in [2.45, 2.75) is 25.5 Å². The first-order valence-electron chi connectivity index (χ1n) is 6.31. The molecule has 0 radical (unpaired) electrons. The van der Waals surface area contributed by atoms with Crippen LogP contribution < -0.4 is 5.32 Å². The molecular weight excluding hydrogens is 280 g/mol. The maximum atomic E-state index is 12.0. The topological polar surface area (TPSA) is 80.0 Å². The highest BCUT2D eigenvalue weighted by Gasteiger charge is 2.27. The van der Waals surface area contributed by atoms with Gasteiger partial charge in [0.25, 0.3) is 5.91 Å². The third-order valence-electron chi connectivity index (χ3n) is 3.02. The van der Waals surface area contributed by atoms with Crippen LogP contribution in [0.2, 0.25) is 5.02 Å². The Morgan fingerprint density at radius 2 is 2.05 bits per heavy atom. The molecule has 0 saturated heterocycles. The van der Waals surface area contributed by atoms with Crippen LogP contribution in [-0.4, -0.2) is 32.0 Å². The summed E-state index contributed by atoms with van der Waals surface area (Å²) in [6.45, 7) is -0.332. The minimum Gasteiger partial charge on any atom is -0.390 e. The van der Waals surface area contributed by atoms with Crippen LogP contribution in [0.3, 0.4) is 0 Å². The van der Waals surface area contributed by atoms with E-state index in [0.717, 1.165) is 12.8 Å². The van der Waals surface area contributed by atoms with E-state index in [0.29, 0.717) is 10.7 Å². The number of carbonyl (C=O) groups is 1. The number of nitrogens with one attached hydrogen (secondary N) is 1. The summed E-state index contributed by atoms with van der Waals surface area (Å²) in [4.78, 5) is 13.3. The second kappa shape index (κ2) is 5.22. The molecule has 1 heterocycles. The molecule has 2 N–H and O–H groups in total. The molecule has 3 rings (SSSR count). The molecule has 2 aromatic rings. The molecule has 104 valence electrons. The van der Waals surface area contributed by atoms with E-state index < -0.39 is 0 Å². The van der Waals surface area contributed by atoms with E-state index in [2.05, 4.69) is 15.5 Å². The van der Waals surface area contributed by atoms with Gasteiger partial charge >= 0.3 is 0 Å². The van der Waals surface area contributed by atoms with Gasteiger partial charge in [0, 0.05) is 11.1 Å². The van der Waals surface area contributed by atoms with Gasteiger partial charge in [0.1, 0.15) is 5.69 Å². The molecule has 0 bridgehead atoms. The second-order valence-electron chi connectivity index (χ2n) is 4.67. The van der Waals surface area contributed by atoms with Crippen LogP contribution in [0.1, 0.15) is 29.0 Å². The lowest BCUT2D eigenvalue weighted by Gasteiger charge is -2.00. The molecule has 1 amide bonds. The van der Waals surface area contributed by atoms with Crippen LogP contribution in [0.25, 0.3) is 5.69 Å². The molecule has 7 heteroatoms. The van der Waals surface area contributed by atoms with Gasteiger partial charge in [-0.2, -0.15) is 4.80 Å². The van der Waals surface area contributed by atoms with Crippen LogP contribution in [-0.2, 0) is 6.61 Å². The van der Waals surface area contributed by atoms with Crippen molar-refractivity contribution in [1.29, 1.82) is 0 Å². The summed E-state index contributed by atoms with van der Waals surface area (Å²) >= 11 is 5.82. The number of aliphatic hydroxyl groups is 1. The molecule has 1 saturated carbocycles. The van der Waals surface area contributed by atoms with Gasteiger partial charge < -0.3 is 10.4 Å². The standard InChI is InChI=1S/C13H13ClN4O2/c14-8-1-5-10(6-2-8)18-16-11(7-19)12(17-18)13(20)15-9-3-4-9/h1-2,5-6,9,19H,3-4,7H2,(H,15,20). The van der Waals surface area contributed by atoms with Crippen LogP contribution in [0.15, 0.2) is 24.3 Å². The third kappa shape index (κ3) is 2.66. The van der Waals surface area contributed by atoms with Crippen molar-refractivity contribution in [1.82, 2.24) is 20.3 Å². The summed E-state index contributed by atoms with van der Waals surface area (Å²) in [5.74, 6) is -0.295. The van der Waals surface area contributed by atoms with Crippen molar-refractivity contribution >= 4 is 17.5 Å². The van der Waals surface area contributed by atoms with Crippen molar-refractivity contribution < 1.29 is 9.90 Å². The van der Waals surface area contributed by atoms with Gasteiger partial charge in [0.05, 0.1) is 12.3 Å². The molecule has 1 aromatic carbocycles. The number of amides is 1. The zero-order valence-corrected chi connectivity index (χ0v) is 11.3. The largest absolute Gasteiger partial charge is 0.390 e. The number of hydrogen-bond acceptors (Lipinski definition) is 4. The summed E-state index contributed by atoms with van der Waals surface area (Å²) < 4.78 is 0. The Labute approximate surface area is 120 Å². The van der Waals surface area contributed by atoms with Crippen molar-refractivity contribution in [2.75, 3.05) is 0 Å². The molecule has 0 aliphatic heterocycles. The molecule has 0 spiro atoms. The molecule has 0 unspecified atom stereocenters. The van der Waals surface area contributed by atoms with Crippen molar-refractivity contribution in [3.05, 3.63) is 40.7 Å². The van der Waals surface area contributed by atoms with Gasteiger partial charge in [-0.25, -0.2) is 0 Å². The normalized spacial score (nSPS) is 14.3. The minimum absolute atomic E-state index is 0.161. The molecule has 1 fully saturated rings. The van der Waals surface area contributed by atoms with Gasteiger partial charge in [0.15, 0.2) is 5.69 Å². The van der Waals surface area contributed by atoms with Gasteiger partial charge in [-0.3, -0.25) is 4.79 Å². The van der Waals surface area contributed by atoms with Gasteiger partial charge in [0.2, 0.25) is 0 Å². The quantitative estimate of drug-likeness (QED) is 0.890. The van der Waals surface area contributed by atoms with E-state index in [1.807, 2.05) is 0 Å². The fourth-order valence-corrected chi connectivity index (χ4v) is 1.92. The predicted octanol–water partition coefficient (Wildman–Crippen LogP) is 1.31. The number of aliphatic hydroxyl groups excluding tert-OH is 1. The smallest absolute Gasteiger partial charge is 0.274 e. The lowest BCUT2D eigenvalue weighted by Crippen LogP contribution is -2.26. The van der Waals surface area contributed by atoms with Crippen molar-refractivity contribution in [3.63, 3.8) is 0 Å². The van der Waals surface area contributed by atoms with Crippen molar-refractivity contribution in [3.8, 4) is 5.69 Å². The lowest BCUT2D eigenvalue weighted by atomic mass is 10.3. The van der Waals surface area contributed by atoms with Crippen LogP contribution in [0, 0.1) is 0 Å². The Morgan fingerprint density at radius 3 is 2.65 bits per heavy atom. The minimum atomic E-state index is -0.332. The number of hydrogen-bond donors (Lipinski definition) is 2. The molecule has 1 aliphatic rings. The zero-order valence-electron chi connectivity index (χ0n) is 10.6. The summed E-state index contributed by atoms with van der Waals surface area (Å²) in [7, 11) is 0. The number of aromatic nitrogens is 3. The van der Waals surface area contributed by atoms with Gasteiger partial charge in [-0.05, 0) is 37.1 Å². The summed E-state index contributed by atoms with van der Waals surface area (Å²) in [5, 5.41) is 21.0. The Kier molecular flexibility index (Phi) is 3.42. The molecule has 0 atom stereocenters. The highest BCUT2D eigenvalue weighted by atomic mass is 35.5. The SMILES string of the molecule is O=C(NC1CC1)c1nn(-c2ccc(Cl)cc2)nc1CO. The molecule has 20 heavy (non-hydrogen) atoms. The molecule has 6 nitrogen and oxygen atoms in total. The van der Waals surface area contributed by atoms with E-state index in [9.17, 15) is 9.90 Å². The monoisotopic (exact) mass is 292 g/mol. The average molecular weight is 293 g/mol. The Morgan fingerprint density at radius 1 is 1.35 bits per heavy atom. The van der Waals surface area contributed by atoms with Crippen molar-refractivity contribution in [2.24, 2.45) is 0 Å². The lowest BCUT2D eigenvalue weighted by molar-refractivity contribution is 0.0942. The van der Waals surface area contributed by atoms with Gasteiger partial charge in [-0.1, -0.05) is 11.6 Å². The Balaban J connectivity index is 1.90. The summed E-state index contributed by atoms with van der Waals surface area (Å²) in [6.07, 6.45) is 1.98. The van der Waals surface area contributed by atoms with Crippen LogP contribution in [0.5, 0.6) is 0 Å². The van der Waals surface area contributed by atoms with Gasteiger partial charge in [-0.15, -0.1) is 10.2 Å². The fraction of sp³-hybridized carbons (Fsp3) is 0.308. The van der Waals surface area contributed by atoms with E-state index >= 15 is 0 Å². The molecule has 1 aromatic heterocycles. The maximum absolute atomic E-state index is 12.0. The second-order valence-corrected chi connectivity index (χ2v) is 5.10. The number of nitrogens with zero attached hydrogens (tertiary/aromatic N) is 3. The number of halogens is 1. The Hall–Kier alpha value is -1.92. The van der Waals surface area contributed by atoms with E-state index in [1.54, 1.807) is 24.3 Å². The first-order valence-corrected chi connectivity index (χ1v) is 6.69. The van der Waals surface area contributed by atoms with Crippen LogP contribution in [0.4, 0.5) is 0 Å². The summed E-state index contributed by atoms with van der Waals surface area (Å²) in [6, 6.07) is 7.14. The van der Waals surface area contributed by atoms with E-state index in [4.69, 9.17) is 11.6 Å². The zero-order chi connectivity index (χ0) is 14.1. The third-order valence-corrected chi connectivity index (χ3v) is 3.27. The first kappa shape index (κ1) is 13.1. The number of carbonyl (C=O) groups excluding carboxylic acids is 1. The molecular formula is C13H13ClN4O2. The average Bonchev–Trinajstić information content (AvgIpc) is 3.15. The number of benzene rings is 1. The highest BCUT2D eigenvalue weighted by Crippen LogP contribution is 2.20. The number of rotatable bonds is 4. The van der Waals surface area contributed by atoms with Crippen LogP contribution >= 0.6 is 11.6 Å². The summed E-state index contributed by atoms with van der Waals surface area (Å²) in [5.41, 5.74) is 1.10. The highest BCUT2D eigenvalue weighted by molar-refractivity contribution is 6.30.